The fraction of sp³-hybridized carbons (Fsp3) is 0.364. The predicted octanol–water partition coefficient (Wildman–Crippen LogP) is 3.88. The van der Waals surface area contributed by atoms with Gasteiger partial charge in [-0.15, -0.1) is 11.3 Å². The molecule has 0 saturated carbocycles. The molecule has 1 N–H and O–H groups in total. The summed E-state index contributed by atoms with van der Waals surface area (Å²) in [5.74, 6) is -0.488. The van der Waals surface area contributed by atoms with Crippen LogP contribution in [0.1, 0.15) is 56.9 Å². The molecule has 0 unspecified atom stereocenters. The Morgan fingerprint density at radius 3 is 2.60 bits per heavy atom. The Labute approximate surface area is 180 Å². The number of benzene rings is 1. The number of nitrogens with zero attached hydrogens (tertiary/aromatic N) is 3. The molecule has 0 atom stereocenters. The van der Waals surface area contributed by atoms with Crippen molar-refractivity contribution < 1.29 is 14.3 Å². The summed E-state index contributed by atoms with van der Waals surface area (Å²) in [4.78, 5) is 28.8. The van der Waals surface area contributed by atoms with E-state index in [1.165, 1.54) is 6.20 Å². The lowest BCUT2D eigenvalue weighted by atomic mass is 10.2. The summed E-state index contributed by atoms with van der Waals surface area (Å²) in [7, 11) is 0. The molecule has 7 nitrogen and oxygen atoms in total. The van der Waals surface area contributed by atoms with Gasteiger partial charge in [-0.2, -0.15) is 5.10 Å². The largest absolute Gasteiger partial charge is 0.462 e. The third-order valence-corrected chi connectivity index (χ3v) is 5.68. The number of thiazole rings is 1. The smallest absolute Gasteiger partial charge is 0.341 e. The van der Waals surface area contributed by atoms with E-state index in [1.54, 1.807) is 35.1 Å². The van der Waals surface area contributed by atoms with Gasteiger partial charge in [0.05, 0.1) is 29.2 Å². The zero-order valence-electron chi connectivity index (χ0n) is 17.5. The second-order valence-electron chi connectivity index (χ2n) is 6.92. The normalized spacial score (nSPS) is 10.8. The molecular formula is C22H26N4O3S. The van der Waals surface area contributed by atoms with Crippen LogP contribution in [-0.4, -0.2) is 39.8 Å². The SMILES string of the molecule is CCOC(=O)c1cnn(-c2ccc(C(=O)NCCCCc3nc(C)cs3)cc2)c1C. The standard InChI is InChI=1S/C22H26N4O3S/c1-4-29-22(28)19-13-24-26(16(19)3)18-10-8-17(9-11-18)21(27)23-12-6-5-7-20-25-15(2)14-30-20/h8-11,13-14H,4-7,12H2,1-3H3,(H,23,27). The van der Waals surface area contributed by atoms with Gasteiger partial charge >= 0.3 is 5.97 Å². The summed E-state index contributed by atoms with van der Waals surface area (Å²) in [6, 6.07) is 7.14. The van der Waals surface area contributed by atoms with Crippen molar-refractivity contribution >= 4 is 23.2 Å². The van der Waals surface area contributed by atoms with Gasteiger partial charge in [-0.05, 0) is 64.3 Å². The van der Waals surface area contributed by atoms with Gasteiger partial charge in [-0.3, -0.25) is 4.79 Å². The third-order valence-electron chi connectivity index (χ3n) is 4.65. The second-order valence-corrected chi connectivity index (χ2v) is 7.86. The van der Waals surface area contributed by atoms with Crippen molar-refractivity contribution in [1.82, 2.24) is 20.1 Å². The number of amides is 1. The van der Waals surface area contributed by atoms with Crippen molar-refractivity contribution in [2.75, 3.05) is 13.2 Å². The van der Waals surface area contributed by atoms with Crippen LogP contribution in [-0.2, 0) is 11.2 Å². The van der Waals surface area contributed by atoms with Gasteiger partial charge in [0.2, 0.25) is 0 Å². The lowest BCUT2D eigenvalue weighted by Crippen LogP contribution is -2.24. The number of esters is 1. The Balaban J connectivity index is 1.51. The Kier molecular flexibility index (Phi) is 7.35. The average Bonchev–Trinajstić information content (AvgIpc) is 3.33. The molecule has 0 aliphatic rings. The average molecular weight is 427 g/mol. The number of aromatic nitrogens is 3. The molecule has 3 aromatic rings. The van der Waals surface area contributed by atoms with E-state index in [-0.39, 0.29) is 11.9 Å². The Hall–Kier alpha value is -3.00. The van der Waals surface area contributed by atoms with Crippen molar-refractivity contribution in [3.05, 3.63) is 63.4 Å². The van der Waals surface area contributed by atoms with Crippen LogP contribution in [0.3, 0.4) is 0 Å². The van der Waals surface area contributed by atoms with E-state index < -0.39 is 0 Å². The van der Waals surface area contributed by atoms with Gasteiger partial charge in [0, 0.05) is 23.2 Å². The van der Waals surface area contributed by atoms with Gasteiger partial charge in [-0.25, -0.2) is 14.5 Å². The Morgan fingerprint density at radius 1 is 1.17 bits per heavy atom. The van der Waals surface area contributed by atoms with Crippen LogP contribution in [0.2, 0.25) is 0 Å². The summed E-state index contributed by atoms with van der Waals surface area (Å²) >= 11 is 1.69. The number of carbonyl (C=O) groups excluding carboxylic acids is 2. The molecule has 158 valence electrons. The molecule has 0 aliphatic heterocycles. The third kappa shape index (κ3) is 5.33. The second kappa shape index (κ2) is 10.2. The van der Waals surface area contributed by atoms with Crippen LogP contribution in [0.5, 0.6) is 0 Å². The number of ether oxygens (including phenoxy) is 1. The number of carbonyl (C=O) groups is 2. The van der Waals surface area contributed by atoms with E-state index in [1.807, 2.05) is 26.0 Å². The Bertz CT molecular complexity index is 1010. The quantitative estimate of drug-likeness (QED) is 0.415. The summed E-state index contributed by atoms with van der Waals surface area (Å²) in [5, 5.41) is 10.4. The van der Waals surface area contributed by atoms with Crippen molar-refractivity contribution in [3.8, 4) is 5.69 Å². The van der Waals surface area contributed by atoms with E-state index in [4.69, 9.17) is 4.74 Å². The number of nitrogens with one attached hydrogen (secondary N) is 1. The first-order valence-electron chi connectivity index (χ1n) is 10.0. The molecule has 0 spiro atoms. The zero-order valence-corrected chi connectivity index (χ0v) is 18.3. The molecule has 2 aromatic heterocycles. The maximum absolute atomic E-state index is 12.4. The minimum absolute atomic E-state index is 0.101. The van der Waals surface area contributed by atoms with Crippen molar-refractivity contribution in [2.24, 2.45) is 0 Å². The van der Waals surface area contributed by atoms with Gasteiger partial charge in [0.15, 0.2) is 0 Å². The van der Waals surface area contributed by atoms with Gasteiger partial charge in [0.25, 0.3) is 5.91 Å². The molecule has 3 rings (SSSR count). The van der Waals surface area contributed by atoms with E-state index in [0.29, 0.717) is 30.0 Å². The molecule has 0 saturated heterocycles. The molecule has 30 heavy (non-hydrogen) atoms. The molecule has 0 radical (unpaired) electrons. The van der Waals surface area contributed by atoms with Gasteiger partial charge in [-0.1, -0.05) is 0 Å². The van der Waals surface area contributed by atoms with Crippen molar-refractivity contribution in [1.29, 1.82) is 0 Å². The predicted molar refractivity (Wildman–Crippen MR) is 116 cm³/mol. The minimum Gasteiger partial charge on any atom is -0.462 e. The first-order chi connectivity index (χ1) is 14.5. The van der Waals surface area contributed by atoms with Crippen LogP contribution in [0, 0.1) is 13.8 Å². The summed E-state index contributed by atoms with van der Waals surface area (Å²) in [6.45, 7) is 6.53. The highest BCUT2D eigenvalue weighted by Crippen LogP contribution is 2.16. The number of rotatable bonds is 9. The molecule has 1 aromatic carbocycles. The molecule has 8 heteroatoms. The number of aryl methyl sites for hydroxylation is 2. The van der Waals surface area contributed by atoms with E-state index >= 15 is 0 Å². The fourth-order valence-corrected chi connectivity index (χ4v) is 3.87. The highest BCUT2D eigenvalue weighted by Gasteiger charge is 2.16. The van der Waals surface area contributed by atoms with E-state index in [9.17, 15) is 9.59 Å². The minimum atomic E-state index is -0.387. The number of hydrogen-bond donors (Lipinski definition) is 1. The lowest BCUT2D eigenvalue weighted by Gasteiger charge is -2.08. The Morgan fingerprint density at radius 2 is 1.93 bits per heavy atom. The summed E-state index contributed by atoms with van der Waals surface area (Å²) in [6.07, 6.45) is 4.35. The highest BCUT2D eigenvalue weighted by atomic mass is 32.1. The molecule has 0 bridgehead atoms. The topological polar surface area (TPSA) is 86.1 Å². The van der Waals surface area contributed by atoms with Crippen LogP contribution in [0.25, 0.3) is 5.69 Å². The molecule has 0 aliphatic carbocycles. The van der Waals surface area contributed by atoms with Crippen LogP contribution in [0.4, 0.5) is 0 Å². The molecule has 0 fully saturated rings. The maximum Gasteiger partial charge on any atom is 0.341 e. The molecule has 2 heterocycles. The van der Waals surface area contributed by atoms with Crippen molar-refractivity contribution in [3.63, 3.8) is 0 Å². The number of unbranched alkanes of at least 4 members (excludes halogenated alkanes) is 1. The molecule has 1 amide bonds. The van der Waals surface area contributed by atoms with Gasteiger partial charge in [0.1, 0.15) is 5.56 Å². The maximum atomic E-state index is 12.4. The zero-order chi connectivity index (χ0) is 21.5. The van der Waals surface area contributed by atoms with E-state index in [2.05, 4.69) is 20.8 Å². The van der Waals surface area contributed by atoms with Crippen LogP contribution < -0.4 is 5.32 Å². The van der Waals surface area contributed by atoms with Crippen LogP contribution in [0.15, 0.2) is 35.8 Å². The number of hydrogen-bond acceptors (Lipinski definition) is 6. The monoisotopic (exact) mass is 426 g/mol. The van der Waals surface area contributed by atoms with Crippen LogP contribution >= 0.6 is 11.3 Å². The first-order valence-corrected chi connectivity index (χ1v) is 10.9. The van der Waals surface area contributed by atoms with Gasteiger partial charge < -0.3 is 10.1 Å². The summed E-state index contributed by atoms with van der Waals surface area (Å²) in [5.41, 5.74) is 3.56. The van der Waals surface area contributed by atoms with E-state index in [0.717, 1.165) is 35.7 Å². The lowest BCUT2D eigenvalue weighted by molar-refractivity contribution is 0.0525. The van der Waals surface area contributed by atoms with Crippen molar-refractivity contribution in [2.45, 2.75) is 40.0 Å². The highest BCUT2D eigenvalue weighted by molar-refractivity contribution is 7.09. The first kappa shape index (κ1) is 21.7. The molecular weight excluding hydrogens is 400 g/mol. The summed E-state index contributed by atoms with van der Waals surface area (Å²) < 4.78 is 6.70. The fourth-order valence-electron chi connectivity index (χ4n) is 3.06.